The minimum Gasteiger partial charge on any atom is -0.508 e. The molecule has 1 aromatic carbocycles. The Morgan fingerprint density at radius 3 is 2.36 bits per heavy atom. The van der Waals surface area contributed by atoms with Gasteiger partial charge in [-0.3, -0.25) is 5.73 Å². The number of carbonyl (C=O) groups is 1. The van der Waals surface area contributed by atoms with E-state index in [9.17, 15) is 9.18 Å². The first-order valence-electron chi connectivity index (χ1n) is 3.91. The van der Waals surface area contributed by atoms with Gasteiger partial charge in [-0.25, -0.2) is 9.18 Å². The van der Waals surface area contributed by atoms with Crippen LogP contribution in [0.15, 0.2) is 24.3 Å². The van der Waals surface area contributed by atoms with Crippen molar-refractivity contribution >= 4 is 5.97 Å². The molecule has 0 aromatic heterocycles. The maximum atomic E-state index is 13.1. The summed E-state index contributed by atoms with van der Waals surface area (Å²) in [6.07, 6.45) is -0.428. The minimum absolute atomic E-state index is 0.0329. The molecule has 76 valence electrons. The first kappa shape index (κ1) is 10.5. The third kappa shape index (κ3) is 2.43. The predicted octanol–water partition coefficient (Wildman–Crippen LogP) is 0.644. The quantitative estimate of drug-likeness (QED) is 0.624. The van der Waals surface area contributed by atoms with E-state index in [4.69, 9.17) is 15.9 Å². The summed E-state index contributed by atoms with van der Waals surface area (Å²) < 4.78 is 13.1. The first-order chi connectivity index (χ1) is 6.42. The molecule has 4 nitrogen and oxygen atoms in total. The van der Waals surface area contributed by atoms with Crippen molar-refractivity contribution in [1.82, 2.24) is 0 Å². The number of carboxylic acids is 1. The SMILES string of the molecule is N[C@](F)(Cc1ccc(O)cc1)C(=O)O. The highest BCUT2D eigenvalue weighted by atomic mass is 19.1. The van der Waals surface area contributed by atoms with Crippen LogP contribution in [0.5, 0.6) is 5.75 Å². The van der Waals surface area contributed by atoms with E-state index in [1.54, 1.807) is 0 Å². The number of rotatable bonds is 3. The normalized spacial score (nSPS) is 14.7. The van der Waals surface area contributed by atoms with Crippen LogP contribution in [0, 0.1) is 0 Å². The molecule has 0 aliphatic heterocycles. The number of benzene rings is 1. The van der Waals surface area contributed by atoms with Crippen molar-refractivity contribution in [2.24, 2.45) is 5.73 Å². The third-order valence-corrected chi connectivity index (χ3v) is 1.75. The number of carboxylic acid groups (broad SMARTS) is 1. The highest BCUT2D eigenvalue weighted by molar-refractivity contribution is 5.76. The highest BCUT2D eigenvalue weighted by Crippen LogP contribution is 2.16. The number of hydrogen-bond donors (Lipinski definition) is 3. The molecule has 0 aliphatic carbocycles. The van der Waals surface area contributed by atoms with Crippen LogP contribution in [-0.4, -0.2) is 22.0 Å². The zero-order valence-electron chi connectivity index (χ0n) is 7.27. The summed E-state index contributed by atoms with van der Waals surface area (Å²) in [5.74, 6) is -4.44. The van der Waals surface area contributed by atoms with Gasteiger partial charge in [0.05, 0.1) is 0 Å². The Bertz CT molecular complexity index is 334. The van der Waals surface area contributed by atoms with E-state index in [0.717, 1.165) is 0 Å². The van der Waals surface area contributed by atoms with E-state index in [-0.39, 0.29) is 5.75 Å². The topological polar surface area (TPSA) is 83.5 Å². The molecule has 1 atom stereocenters. The number of aromatic hydroxyl groups is 1. The maximum absolute atomic E-state index is 13.1. The van der Waals surface area contributed by atoms with Crippen molar-refractivity contribution in [3.63, 3.8) is 0 Å². The molecule has 14 heavy (non-hydrogen) atoms. The molecule has 0 saturated carbocycles. The van der Waals surface area contributed by atoms with Gasteiger partial charge < -0.3 is 10.2 Å². The number of aliphatic carboxylic acids is 1. The maximum Gasteiger partial charge on any atom is 0.356 e. The van der Waals surface area contributed by atoms with Crippen LogP contribution in [0.2, 0.25) is 0 Å². The van der Waals surface area contributed by atoms with Crippen LogP contribution in [0.4, 0.5) is 4.39 Å². The summed E-state index contributed by atoms with van der Waals surface area (Å²) in [4.78, 5) is 10.3. The molecule has 0 fully saturated rings. The van der Waals surface area contributed by atoms with Crippen molar-refractivity contribution in [3.8, 4) is 5.75 Å². The van der Waals surface area contributed by atoms with E-state index in [1.807, 2.05) is 0 Å². The second kappa shape index (κ2) is 3.63. The van der Waals surface area contributed by atoms with Gasteiger partial charge >= 0.3 is 5.97 Å². The number of phenolic OH excluding ortho intramolecular Hbond substituents is 1. The first-order valence-corrected chi connectivity index (χ1v) is 3.91. The van der Waals surface area contributed by atoms with Crippen LogP contribution in [0.3, 0.4) is 0 Å². The molecule has 1 rings (SSSR count). The van der Waals surface area contributed by atoms with Gasteiger partial charge in [-0.2, -0.15) is 0 Å². The predicted molar refractivity (Wildman–Crippen MR) is 47.5 cm³/mol. The van der Waals surface area contributed by atoms with Gasteiger partial charge in [-0.1, -0.05) is 12.1 Å². The lowest BCUT2D eigenvalue weighted by Crippen LogP contribution is -2.45. The number of hydrogen-bond acceptors (Lipinski definition) is 3. The van der Waals surface area contributed by atoms with Crippen LogP contribution in [0.1, 0.15) is 5.56 Å². The molecule has 0 bridgehead atoms. The summed E-state index contributed by atoms with van der Waals surface area (Å²) in [7, 11) is 0. The molecular formula is C9H10FNO3. The molecule has 0 spiro atoms. The Balaban J connectivity index is 2.79. The Hall–Kier alpha value is -1.62. The zero-order valence-corrected chi connectivity index (χ0v) is 7.27. The Labute approximate surface area is 79.8 Å². The van der Waals surface area contributed by atoms with Gasteiger partial charge in [-0.05, 0) is 17.7 Å². The Kier molecular flexibility index (Phi) is 2.71. The van der Waals surface area contributed by atoms with E-state index in [1.165, 1.54) is 24.3 Å². The summed E-state index contributed by atoms with van der Waals surface area (Å²) in [6, 6.07) is 5.51. The summed E-state index contributed by atoms with van der Waals surface area (Å²) in [6.45, 7) is 0. The third-order valence-electron chi connectivity index (χ3n) is 1.75. The van der Waals surface area contributed by atoms with Gasteiger partial charge in [0, 0.05) is 6.42 Å². The van der Waals surface area contributed by atoms with E-state index in [2.05, 4.69) is 0 Å². The van der Waals surface area contributed by atoms with Gasteiger partial charge in [0.25, 0.3) is 5.79 Å². The van der Waals surface area contributed by atoms with Gasteiger partial charge in [-0.15, -0.1) is 0 Å². The lowest BCUT2D eigenvalue weighted by Gasteiger charge is -2.14. The fraction of sp³-hybridized carbons (Fsp3) is 0.222. The van der Waals surface area contributed by atoms with Crippen LogP contribution >= 0.6 is 0 Å². The molecule has 0 unspecified atom stereocenters. The molecule has 0 radical (unpaired) electrons. The fourth-order valence-electron chi connectivity index (χ4n) is 0.986. The average molecular weight is 199 g/mol. The van der Waals surface area contributed by atoms with Crippen molar-refractivity contribution in [2.45, 2.75) is 12.2 Å². The van der Waals surface area contributed by atoms with Gasteiger partial charge in [0.2, 0.25) is 0 Å². The average Bonchev–Trinajstić information content (AvgIpc) is 2.08. The summed E-state index contributed by atoms with van der Waals surface area (Å²) in [5, 5.41) is 17.3. The molecule has 0 saturated heterocycles. The number of halogens is 1. The standard InChI is InChI=1S/C9H10FNO3/c10-9(11,8(13)14)5-6-1-3-7(12)4-2-6/h1-4,12H,5,11H2,(H,13,14)/t9-/m1/s1. The lowest BCUT2D eigenvalue weighted by molar-refractivity contribution is -0.150. The van der Waals surface area contributed by atoms with Crippen molar-refractivity contribution in [3.05, 3.63) is 29.8 Å². The van der Waals surface area contributed by atoms with Crippen LogP contribution in [0.25, 0.3) is 0 Å². The monoisotopic (exact) mass is 199 g/mol. The molecule has 0 aliphatic rings. The largest absolute Gasteiger partial charge is 0.508 e. The Morgan fingerprint density at radius 2 is 1.93 bits per heavy atom. The van der Waals surface area contributed by atoms with Gasteiger partial charge in [0.1, 0.15) is 5.75 Å². The van der Waals surface area contributed by atoms with Crippen molar-refractivity contribution in [1.29, 1.82) is 0 Å². The molecule has 1 aromatic rings. The van der Waals surface area contributed by atoms with Crippen LogP contribution < -0.4 is 5.73 Å². The van der Waals surface area contributed by atoms with E-state index < -0.39 is 18.2 Å². The molecule has 0 amide bonds. The second-order valence-electron chi connectivity index (χ2n) is 3.01. The van der Waals surface area contributed by atoms with E-state index in [0.29, 0.717) is 5.56 Å². The highest BCUT2D eigenvalue weighted by Gasteiger charge is 2.33. The zero-order chi connectivity index (χ0) is 10.8. The number of alkyl halides is 1. The molecule has 0 heterocycles. The smallest absolute Gasteiger partial charge is 0.356 e. The molecule has 4 N–H and O–H groups in total. The minimum atomic E-state index is -2.77. The number of nitrogens with two attached hydrogens (primary N) is 1. The summed E-state index contributed by atoms with van der Waals surface area (Å²) >= 11 is 0. The molecule has 5 heteroatoms. The Morgan fingerprint density at radius 1 is 1.43 bits per heavy atom. The molecular weight excluding hydrogens is 189 g/mol. The van der Waals surface area contributed by atoms with Crippen LogP contribution in [-0.2, 0) is 11.2 Å². The van der Waals surface area contributed by atoms with Crippen molar-refractivity contribution in [2.75, 3.05) is 0 Å². The summed E-state index contributed by atoms with van der Waals surface area (Å²) in [5.41, 5.74) is 5.31. The van der Waals surface area contributed by atoms with Crippen molar-refractivity contribution < 1.29 is 19.4 Å². The van der Waals surface area contributed by atoms with Gasteiger partial charge in [0.15, 0.2) is 0 Å². The second-order valence-corrected chi connectivity index (χ2v) is 3.01. The number of phenols is 1. The lowest BCUT2D eigenvalue weighted by atomic mass is 10.0. The fourth-order valence-corrected chi connectivity index (χ4v) is 0.986. The van der Waals surface area contributed by atoms with E-state index >= 15 is 0 Å².